The lowest BCUT2D eigenvalue weighted by Crippen LogP contribution is -2.45. The predicted molar refractivity (Wildman–Crippen MR) is 75.0 cm³/mol. The van der Waals surface area contributed by atoms with Gasteiger partial charge in [-0.1, -0.05) is 30.3 Å². The second-order valence-corrected chi connectivity index (χ2v) is 4.76. The summed E-state index contributed by atoms with van der Waals surface area (Å²) >= 11 is 0. The minimum atomic E-state index is -0.826. The maximum atomic E-state index is 12.1. The zero-order valence-electron chi connectivity index (χ0n) is 11.7. The van der Waals surface area contributed by atoms with Gasteiger partial charge in [-0.05, 0) is 18.9 Å². The summed E-state index contributed by atoms with van der Waals surface area (Å²) in [6.07, 6.45) is 0.119. The molecule has 2 atom stereocenters. The van der Waals surface area contributed by atoms with E-state index in [0.717, 1.165) is 5.56 Å². The predicted octanol–water partition coefficient (Wildman–Crippen LogP) is -0.269. The maximum Gasteiger partial charge on any atom is 0.244 e. The molecule has 0 spiro atoms. The SMILES string of the molecule is CC(NC(=O)C(CC(=O)NO)Cc1ccccc1)C(N)=O. The molecule has 3 amide bonds. The van der Waals surface area contributed by atoms with Crippen LogP contribution in [0.5, 0.6) is 0 Å². The van der Waals surface area contributed by atoms with Gasteiger partial charge in [0.1, 0.15) is 6.04 Å². The van der Waals surface area contributed by atoms with Gasteiger partial charge in [0, 0.05) is 6.42 Å². The van der Waals surface area contributed by atoms with Crippen molar-refractivity contribution >= 4 is 17.7 Å². The van der Waals surface area contributed by atoms with E-state index < -0.39 is 29.7 Å². The molecule has 1 aromatic carbocycles. The summed E-state index contributed by atoms with van der Waals surface area (Å²) in [5.41, 5.74) is 7.46. The van der Waals surface area contributed by atoms with Crippen LogP contribution in [0.3, 0.4) is 0 Å². The average molecular weight is 293 g/mol. The van der Waals surface area contributed by atoms with Crippen molar-refractivity contribution in [1.29, 1.82) is 0 Å². The molecular weight excluding hydrogens is 274 g/mol. The van der Waals surface area contributed by atoms with Gasteiger partial charge in [-0.2, -0.15) is 0 Å². The van der Waals surface area contributed by atoms with Gasteiger partial charge in [0.05, 0.1) is 5.92 Å². The number of carbonyl (C=O) groups excluding carboxylic acids is 3. The normalized spacial score (nSPS) is 13.0. The zero-order valence-corrected chi connectivity index (χ0v) is 11.7. The largest absolute Gasteiger partial charge is 0.368 e. The summed E-state index contributed by atoms with van der Waals surface area (Å²) < 4.78 is 0. The number of primary amides is 1. The number of hydrogen-bond acceptors (Lipinski definition) is 4. The fourth-order valence-electron chi connectivity index (χ4n) is 1.83. The quantitative estimate of drug-likeness (QED) is 0.408. The van der Waals surface area contributed by atoms with E-state index in [9.17, 15) is 14.4 Å². The molecule has 114 valence electrons. The van der Waals surface area contributed by atoms with Crippen LogP contribution in [-0.4, -0.2) is 29.0 Å². The van der Waals surface area contributed by atoms with E-state index in [4.69, 9.17) is 10.9 Å². The van der Waals surface area contributed by atoms with Gasteiger partial charge >= 0.3 is 0 Å². The Balaban J connectivity index is 2.78. The van der Waals surface area contributed by atoms with Gasteiger partial charge in [-0.15, -0.1) is 0 Å². The van der Waals surface area contributed by atoms with Crippen molar-refractivity contribution in [1.82, 2.24) is 10.8 Å². The highest BCUT2D eigenvalue weighted by Gasteiger charge is 2.24. The summed E-state index contributed by atoms with van der Waals surface area (Å²) in [5, 5.41) is 11.1. The molecule has 1 rings (SSSR count). The Morgan fingerprint density at radius 3 is 2.38 bits per heavy atom. The fraction of sp³-hybridized carbons (Fsp3) is 0.357. The molecule has 7 nitrogen and oxygen atoms in total. The third-order valence-electron chi connectivity index (χ3n) is 3.04. The van der Waals surface area contributed by atoms with E-state index in [2.05, 4.69) is 5.32 Å². The van der Waals surface area contributed by atoms with Crippen LogP contribution in [-0.2, 0) is 20.8 Å². The highest BCUT2D eigenvalue weighted by atomic mass is 16.5. The van der Waals surface area contributed by atoms with Gasteiger partial charge in [0.15, 0.2) is 0 Å². The van der Waals surface area contributed by atoms with E-state index in [-0.39, 0.29) is 6.42 Å². The molecule has 0 bridgehead atoms. The van der Waals surface area contributed by atoms with Crippen molar-refractivity contribution in [2.75, 3.05) is 0 Å². The van der Waals surface area contributed by atoms with Crippen LogP contribution in [0.15, 0.2) is 30.3 Å². The number of hydrogen-bond donors (Lipinski definition) is 4. The van der Waals surface area contributed by atoms with Crippen LogP contribution >= 0.6 is 0 Å². The molecule has 1 aromatic rings. The summed E-state index contributed by atoms with van der Waals surface area (Å²) in [4.78, 5) is 34.4. The van der Waals surface area contributed by atoms with E-state index in [1.807, 2.05) is 30.3 Å². The van der Waals surface area contributed by atoms with Crippen molar-refractivity contribution < 1.29 is 19.6 Å². The maximum absolute atomic E-state index is 12.1. The highest BCUT2D eigenvalue weighted by molar-refractivity contribution is 5.89. The second-order valence-electron chi connectivity index (χ2n) is 4.76. The minimum Gasteiger partial charge on any atom is -0.368 e. The third kappa shape index (κ3) is 5.62. The van der Waals surface area contributed by atoms with Gasteiger partial charge in [0.25, 0.3) is 0 Å². The number of amides is 3. The number of nitrogens with two attached hydrogens (primary N) is 1. The molecule has 7 heteroatoms. The Hall–Kier alpha value is -2.41. The summed E-state index contributed by atoms with van der Waals surface area (Å²) in [7, 11) is 0. The van der Waals surface area contributed by atoms with Crippen LogP contribution < -0.4 is 16.5 Å². The van der Waals surface area contributed by atoms with Crippen LogP contribution in [0.25, 0.3) is 0 Å². The average Bonchev–Trinajstić information content (AvgIpc) is 2.47. The summed E-state index contributed by atoms with van der Waals surface area (Å²) in [6, 6.07) is 8.32. The topological polar surface area (TPSA) is 122 Å². The van der Waals surface area contributed by atoms with Crippen LogP contribution in [0.1, 0.15) is 18.9 Å². The third-order valence-corrected chi connectivity index (χ3v) is 3.04. The van der Waals surface area contributed by atoms with E-state index >= 15 is 0 Å². The summed E-state index contributed by atoms with van der Waals surface area (Å²) in [6.45, 7) is 1.46. The van der Waals surface area contributed by atoms with Crippen molar-refractivity contribution in [2.45, 2.75) is 25.8 Å². The molecule has 0 radical (unpaired) electrons. The molecule has 0 aromatic heterocycles. The zero-order chi connectivity index (χ0) is 15.8. The molecule has 0 fully saturated rings. The Labute approximate surface area is 122 Å². The number of hydroxylamine groups is 1. The Kier molecular flexibility index (Phi) is 6.35. The first-order chi connectivity index (χ1) is 9.93. The Morgan fingerprint density at radius 2 is 1.86 bits per heavy atom. The molecule has 0 aliphatic carbocycles. The molecular formula is C14H19N3O4. The standard InChI is InChI=1S/C14H19N3O4/c1-9(13(15)19)16-14(20)11(8-12(18)17-21)7-10-5-3-2-4-6-10/h2-6,9,11,21H,7-8H2,1H3,(H2,15,19)(H,16,20)(H,17,18). The summed E-state index contributed by atoms with van der Waals surface area (Å²) in [5.74, 6) is -2.50. The first-order valence-corrected chi connectivity index (χ1v) is 6.50. The lowest BCUT2D eigenvalue weighted by atomic mass is 9.94. The number of carbonyl (C=O) groups is 3. The fourth-order valence-corrected chi connectivity index (χ4v) is 1.83. The molecule has 0 saturated heterocycles. The number of nitrogens with one attached hydrogen (secondary N) is 2. The van der Waals surface area contributed by atoms with E-state index in [1.165, 1.54) is 12.4 Å². The molecule has 0 aliphatic rings. The number of benzene rings is 1. The lowest BCUT2D eigenvalue weighted by Gasteiger charge is -2.18. The minimum absolute atomic E-state index is 0.192. The van der Waals surface area contributed by atoms with Gasteiger partial charge in [-0.3, -0.25) is 19.6 Å². The lowest BCUT2D eigenvalue weighted by molar-refractivity contribution is -0.135. The van der Waals surface area contributed by atoms with Crippen LogP contribution in [0.4, 0.5) is 0 Å². The van der Waals surface area contributed by atoms with Crippen LogP contribution in [0, 0.1) is 5.92 Å². The van der Waals surface area contributed by atoms with Crippen molar-refractivity contribution in [3.8, 4) is 0 Å². The van der Waals surface area contributed by atoms with Gasteiger partial charge in [-0.25, -0.2) is 5.48 Å². The van der Waals surface area contributed by atoms with Crippen molar-refractivity contribution in [3.63, 3.8) is 0 Å². The van der Waals surface area contributed by atoms with E-state index in [0.29, 0.717) is 6.42 Å². The van der Waals surface area contributed by atoms with Gasteiger partial charge in [0.2, 0.25) is 17.7 Å². The Morgan fingerprint density at radius 1 is 1.24 bits per heavy atom. The molecule has 5 N–H and O–H groups in total. The van der Waals surface area contributed by atoms with Crippen molar-refractivity contribution in [3.05, 3.63) is 35.9 Å². The molecule has 2 unspecified atom stereocenters. The molecule has 21 heavy (non-hydrogen) atoms. The molecule has 0 aliphatic heterocycles. The molecule has 0 saturated carbocycles. The first kappa shape index (κ1) is 16.6. The first-order valence-electron chi connectivity index (χ1n) is 6.50. The Bertz CT molecular complexity index is 504. The van der Waals surface area contributed by atoms with Crippen molar-refractivity contribution in [2.24, 2.45) is 11.7 Å². The monoisotopic (exact) mass is 293 g/mol. The number of rotatable bonds is 7. The molecule has 0 heterocycles. The van der Waals surface area contributed by atoms with Gasteiger partial charge < -0.3 is 11.1 Å². The highest BCUT2D eigenvalue weighted by Crippen LogP contribution is 2.13. The smallest absolute Gasteiger partial charge is 0.244 e. The van der Waals surface area contributed by atoms with E-state index in [1.54, 1.807) is 0 Å². The van der Waals surface area contributed by atoms with Crippen LogP contribution in [0.2, 0.25) is 0 Å². The second kappa shape index (κ2) is 8.01.